The fourth-order valence-electron chi connectivity index (χ4n) is 4.25. The Bertz CT molecular complexity index is 925. The summed E-state index contributed by atoms with van der Waals surface area (Å²) < 4.78 is 0. The number of nitrogens with one attached hydrogen (secondary N) is 2. The summed E-state index contributed by atoms with van der Waals surface area (Å²) in [6.45, 7) is 8.10. The zero-order valence-corrected chi connectivity index (χ0v) is 18.3. The van der Waals surface area contributed by atoms with Gasteiger partial charge in [-0.2, -0.15) is 0 Å². The molecule has 0 saturated carbocycles. The molecule has 2 fully saturated rings. The van der Waals surface area contributed by atoms with Crippen LogP contribution >= 0.6 is 0 Å². The Labute approximate surface area is 184 Å². The standard InChI is InChI=1S/C24H31N5O2/c1-18-16-20(8-9-22(18)29-11-10-25-24(29)31)23(30)26-21(19-6-4-3-5-7-19)17-28-14-12-27(2)13-15-28/h3-9,16,21H,10-15,17H2,1-2H3,(H,25,31)(H,26,30). The number of benzene rings is 2. The molecule has 164 valence electrons. The molecule has 2 aromatic carbocycles. The molecule has 4 rings (SSSR count). The molecule has 0 spiro atoms. The Hall–Kier alpha value is -2.90. The Balaban J connectivity index is 1.49. The molecule has 0 radical (unpaired) electrons. The third-order valence-corrected chi connectivity index (χ3v) is 6.15. The lowest BCUT2D eigenvalue weighted by Gasteiger charge is -2.35. The van der Waals surface area contributed by atoms with Crippen LogP contribution in [0.4, 0.5) is 10.5 Å². The van der Waals surface area contributed by atoms with Gasteiger partial charge in [-0.1, -0.05) is 30.3 Å². The number of amides is 3. The summed E-state index contributed by atoms with van der Waals surface area (Å²) in [7, 11) is 2.14. The van der Waals surface area contributed by atoms with Gasteiger partial charge in [0, 0.05) is 57.1 Å². The molecule has 31 heavy (non-hydrogen) atoms. The smallest absolute Gasteiger partial charge is 0.322 e. The fourth-order valence-corrected chi connectivity index (χ4v) is 4.25. The maximum absolute atomic E-state index is 13.1. The van der Waals surface area contributed by atoms with Crippen LogP contribution in [0.5, 0.6) is 0 Å². The molecule has 2 aliphatic heterocycles. The summed E-state index contributed by atoms with van der Waals surface area (Å²) in [4.78, 5) is 31.6. The van der Waals surface area contributed by atoms with Crippen molar-refractivity contribution in [3.8, 4) is 0 Å². The Morgan fingerprint density at radius 2 is 1.81 bits per heavy atom. The number of rotatable bonds is 6. The van der Waals surface area contributed by atoms with E-state index in [1.54, 1.807) is 11.0 Å². The van der Waals surface area contributed by atoms with Crippen LogP contribution in [0.15, 0.2) is 48.5 Å². The number of aryl methyl sites for hydroxylation is 1. The van der Waals surface area contributed by atoms with E-state index in [4.69, 9.17) is 0 Å². The maximum Gasteiger partial charge on any atom is 0.322 e. The first-order chi connectivity index (χ1) is 15.0. The minimum Gasteiger partial charge on any atom is -0.344 e. The molecule has 7 heteroatoms. The molecule has 2 N–H and O–H groups in total. The van der Waals surface area contributed by atoms with Crippen molar-refractivity contribution in [2.45, 2.75) is 13.0 Å². The van der Waals surface area contributed by atoms with E-state index in [1.807, 2.05) is 37.3 Å². The van der Waals surface area contributed by atoms with Gasteiger partial charge in [0.05, 0.1) is 6.04 Å². The van der Waals surface area contributed by atoms with Gasteiger partial charge in [-0.3, -0.25) is 14.6 Å². The SMILES string of the molecule is Cc1cc(C(=O)NC(CN2CCN(C)CC2)c2ccccc2)ccc1N1CCNC1=O. The van der Waals surface area contributed by atoms with Gasteiger partial charge in [0.1, 0.15) is 0 Å². The average Bonchev–Trinajstić information content (AvgIpc) is 3.20. The third-order valence-electron chi connectivity index (χ3n) is 6.15. The van der Waals surface area contributed by atoms with Crippen molar-refractivity contribution in [3.05, 3.63) is 65.2 Å². The Morgan fingerprint density at radius 1 is 1.06 bits per heavy atom. The summed E-state index contributed by atoms with van der Waals surface area (Å²) in [6.07, 6.45) is 0. The Morgan fingerprint density at radius 3 is 2.45 bits per heavy atom. The number of nitrogens with zero attached hydrogens (tertiary/aromatic N) is 3. The number of likely N-dealkylation sites (N-methyl/N-ethyl adjacent to an activating group) is 1. The number of urea groups is 1. The number of anilines is 1. The Kier molecular flexibility index (Phi) is 6.53. The second-order valence-corrected chi connectivity index (χ2v) is 8.43. The van der Waals surface area contributed by atoms with Crippen molar-refractivity contribution < 1.29 is 9.59 Å². The monoisotopic (exact) mass is 421 g/mol. The van der Waals surface area contributed by atoms with Gasteiger partial charge in [0.25, 0.3) is 5.91 Å². The van der Waals surface area contributed by atoms with Gasteiger partial charge in [-0.15, -0.1) is 0 Å². The molecule has 3 amide bonds. The molecule has 2 aromatic rings. The highest BCUT2D eigenvalue weighted by molar-refractivity contribution is 5.98. The number of carbonyl (C=O) groups is 2. The van der Waals surface area contributed by atoms with Crippen LogP contribution < -0.4 is 15.5 Å². The van der Waals surface area contributed by atoms with Gasteiger partial charge in [0.2, 0.25) is 0 Å². The highest BCUT2D eigenvalue weighted by Gasteiger charge is 2.24. The van der Waals surface area contributed by atoms with E-state index >= 15 is 0 Å². The summed E-state index contributed by atoms with van der Waals surface area (Å²) in [6, 6.07) is 15.5. The predicted molar refractivity (Wildman–Crippen MR) is 123 cm³/mol. The molecule has 2 aliphatic rings. The zero-order valence-electron chi connectivity index (χ0n) is 18.3. The van der Waals surface area contributed by atoms with Crippen molar-refractivity contribution in [1.29, 1.82) is 0 Å². The van der Waals surface area contributed by atoms with Crippen LogP contribution in [0.25, 0.3) is 0 Å². The molecule has 1 atom stereocenters. The van der Waals surface area contributed by atoms with Crippen LogP contribution in [0.2, 0.25) is 0 Å². The molecule has 1 unspecified atom stereocenters. The molecule has 0 aliphatic carbocycles. The fraction of sp³-hybridized carbons (Fsp3) is 0.417. The number of carbonyl (C=O) groups excluding carboxylic acids is 2. The number of hydrogen-bond donors (Lipinski definition) is 2. The first kappa shape index (κ1) is 21.3. The van der Waals surface area contributed by atoms with Gasteiger partial charge in [-0.25, -0.2) is 4.79 Å². The highest BCUT2D eigenvalue weighted by atomic mass is 16.2. The van der Waals surface area contributed by atoms with Crippen molar-refractivity contribution >= 4 is 17.6 Å². The number of piperazine rings is 1. The van der Waals surface area contributed by atoms with E-state index < -0.39 is 0 Å². The van der Waals surface area contributed by atoms with Gasteiger partial charge in [0.15, 0.2) is 0 Å². The van der Waals surface area contributed by atoms with Gasteiger partial charge >= 0.3 is 6.03 Å². The second-order valence-electron chi connectivity index (χ2n) is 8.43. The average molecular weight is 422 g/mol. The third kappa shape index (κ3) is 5.06. The van der Waals surface area contributed by atoms with Gasteiger partial charge in [-0.05, 0) is 43.3 Å². The summed E-state index contributed by atoms with van der Waals surface area (Å²) in [5.41, 5.74) is 3.49. The quantitative estimate of drug-likeness (QED) is 0.751. The maximum atomic E-state index is 13.1. The lowest BCUT2D eigenvalue weighted by molar-refractivity contribution is 0.0907. The summed E-state index contributed by atoms with van der Waals surface area (Å²) in [5, 5.41) is 6.06. The van der Waals surface area contributed by atoms with Crippen LogP contribution in [0, 0.1) is 6.92 Å². The largest absolute Gasteiger partial charge is 0.344 e. The van der Waals surface area contributed by atoms with E-state index in [0.717, 1.165) is 49.5 Å². The van der Waals surface area contributed by atoms with Crippen molar-refractivity contribution in [3.63, 3.8) is 0 Å². The summed E-state index contributed by atoms with van der Waals surface area (Å²) >= 11 is 0. The van der Waals surface area contributed by atoms with E-state index in [0.29, 0.717) is 18.7 Å². The van der Waals surface area contributed by atoms with E-state index in [9.17, 15) is 9.59 Å². The molecular weight excluding hydrogens is 390 g/mol. The van der Waals surface area contributed by atoms with Crippen molar-refractivity contribution in [1.82, 2.24) is 20.4 Å². The van der Waals surface area contributed by atoms with Crippen molar-refractivity contribution in [2.24, 2.45) is 0 Å². The molecule has 2 heterocycles. The normalized spacial score (nSPS) is 18.6. The molecule has 0 aromatic heterocycles. The molecule has 7 nitrogen and oxygen atoms in total. The van der Waals surface area contributed by atoms with Crippen LogP contribution in [0.1, 0.15) is 27.5 Å². The van der Waals surface area contributed by atoms with Gasteiger partial charge < -0.3 is 15.5 Å². The number of hydrogen-bond acceptors (Lipinski definition) is 4. The predicted octanol–water partition coefficient (Wildman–Crippen LogP) is 2.24. The minimum absolute atomic E-state index is 0.0820. The zero-order chi connectivity index (χ0) is 21.8. The van der Waals surface area contributed by atoms with Crippen LogP contribution in [0.3, 0.4) is 0 Å². The topological polar surface area (TPSA) is 67.9 Å². The highest BCUT2D eigenvalue weighted by Crippen LogP contribution is 2.24. The van der Waals surface area contributed by atoms with E-state index in [1.165, 1.54) is 0 Å². The lowest BCUT2D eigenvalue weighted by Crippen LogP contribution is -2.47. The first-order valence-corrected chi connectivity index (χ1v) is 10.9. The minimum atomic E-state index is -0.0940. The molecule has 0 bridgehead atoms. The van der Waals surface area contributed by atoms with Crippen LogP contribution in [-0.4, -0.2) is 74.6 Å². The lowest BCUT2D eigenvalue weighted by atomic mass is 10.0. The first-order valence-electron chi connectivity index (χ1n) is 10.9. The molecule has 2 saturated heterocycles. The van der Waals surface area contributed by atoms with Crippen molar-refractivity contribution in [2.75, 3.05) is 57.8 Å². The van der Waals surface area contributed by atoms with E-state index in [-0.39, 0.29) is 18.0 Å². The van der Waals surface area contributed by atoms with E-state index in [2.05, 4.69) is 39.6 Å². The molecular formula is C24H31N5O2. The summed E-state index contributed by atoms with van der Waals surface area (Å²) in [5.74, 6) is -0.0940. The second kappa shape index (κ2) is 9.49. The van der Waals surface area contributed by atoms with Crippen LogP contribution in [-0.2, 0) is 0 Å².